The fourth-order valence-corrected chi connectivity index (χ4v) is 3.50. The van der Waals surface area contributed by atoms with E-state index in [1.807, 2.05) is 71.7 Å². The van der Waals surface area contributed by atoms with Crippen LogP contribution in [-0.4, -0.2) is 35.0 Å². The predicted octanol–water partition coefficient (Wildman–Crippen LogP) is 4.39. The number of hydrogen-bond donors (Lipinski definition) is 1. The minimum atomic E-state index is -0.0487. The Labute approximate surface area is 176 Å². The second-order valence-corrected chi connectivity index (χ2v) is 7.47. The van der Waals surface area contributed by atoms with Gasteiger partial charge in [-0.1, -0.05) is 30.3 Å². The van der Waals surface area contributed by atoms with Gasteiger partial charge in [0.05, 0.1) is 23.7 Å². The van der Waals surface area contributed by atoms with Crippen molar-refractivity contribution in [1.29, 1.82) is 0 Å². The van der Waals surface area contributed by atoms with Crippen LogP contribution in [0.25, 0.3) is 5.69 Å². The van der Waals surface area contributed by atoms with Gasteiger partial charge in [-0.05, 0) is 55.5 Å². The third-order valence-corrected chi connectivity index (χ3v) is 5.16. The number of rotatable bonds is 8. The number of anilines is 1. The van der Waals surface area contributed by atoms with E-state index in [9.17, 15) is 4.79 Å². The first kappa shape index (κ1) is 20.2. The first-order valence-corrected chi connectivity index (χ1v) is 10.5. The maximum atomic E-state index is 12.5. The molecule has 30 heavy (non-hydrogen) atoms. The molecule has 3 aromatic rings. The Morgan fingerprint density at radius 3 is 2.80 bits per heavy atom. The Kier molecular flexibility index (Phi) is 6.77. The predicted molar refractivity (Wildman–Crippen MR) is 116 cm³/mol. The molecule has 1 N–H and O–H groups in total. The standard InChI is InChI=1S/C24H27N3O3/c28-24(14-13-19-16-25-27(17-19)20-8-2-1-3-9-20)26-22-11-4-5-12-23(22)30-18-21-10-6-7-15-29-21/h1-5,8-9,11-12,16-17,21H,6-7,10,13-15,18H2,(H,26,28). The summed E-state index contributed by atoms with van der Waals surface area (Å²) in [5, 5.41) is 7.36. The van der Waals surface area contributed by atoms with Crippen LogP contribution in [0.15, 0.2) is 67.0 Å². The van der Waals surface area contributed by atoms with Gasteiger partial charge in [0, 0.05) is 19.2 Å². The van der Waals surface area contributed by atoms with Crippen LogP contribution in [0.3, 0.4) is 0 Å². The van der Waals surface area contributed by atoms with Gasteiger partial charge in [-0.2, -0.15) is 5.10 Å². The summed E-state index contributed by atoms with van der Waals surface area (Å²) in [6.45, 7) is 1.30. The van der Waals surface area contributed by atoms with Crippen LogP contribution in [0.2, 0.25) is 0 Å². The molecule has 0 spiro atoms. The van der Waals surface area contributed by atoms with Crippen LogP contribution in [0.5, 0.6) is 5.75 Å². The lowest BCUT2D eigenvalue weighted by Crippen LogP contribution is -2.26. The fraction of sp³-hybridized carbons (Fsp3) is 0.333. The summed E-state index contributed by atoms with van der Waals surface area (Å²) in [7, 11) is 0. The Morgan fingerprint density at radius 1 is 1.13 bits per heavy atom. The summed E-state index contributed by atoms with van der Waals surface area (Å²) in [5.41, 5.74) is 2.72. The van der Waals surface area contributed by atoms with Gasteiger partial charge in [-0.25, -0.2) is 4.68 Å². The quantitative estimate of drug-likeness (QED) is 0.604. The number of aryl methyl sites for hydroxylation is 1. The average molecular weight is 405 g/mol. The molecule has 1 aromatic heterocycles. The maximum Gasteiger partial charge on any atom is 0.224 e. The van der Waals surface area contributed by atoms with Gasteiger partial charge in [0.25, 0.3) is 0 Å². The van der Waals surface area contributed by atoms with E-state index in [1.54, 1.807) is 0 Å². The van der Waals surface area contributed by atoms with Gasteiger partial charge in [0.15, 0.2) is 0 Å². The lowest BCUT2D eigenvalue weighted by Gasteiger charge is -2.23. The van der Waals surface area contributed by atoms with Crippen molar-refractivity contribution in [3.8, 4) is 11.4 Å². The van der Waals surface area contributed by atoms with Crippen molar-refractivity contribution in [1.82, 2.24) is 9.78 Å². The average Bonchev–Trinajstić information content (AvgIpc) is 3.28. The molecular weight excluding hydrogens is 378 g/mol. The number of ether oxygens (including phenoxy) is 2. The molecule has 0 saturated carbocycles. The molecule has 1 saturated heterocycles. The molecular formula is C24H27N3O3. The molecule has 1 fully saturated rings. The lowest BCUT2D eigenvalue weighted by molar-refractivity contribution is -0.116. The zero-order chi connectivity index (χ0) is 20.6. The van der Waals surface area contributed by atoms with E-state index < -0.39 is 0 Å². The monoisotopic (exact) mass is 405 g/mol. The molecule has 4 rings (SSSR count). The number of nitrogens with zero attached hydrogens (tertiary/aromatic N) is 2. The molecule has 0 bridgehead atoms. The zero-order valence-corrected chi connectivity index (χ0v) is 17.0. The van der Waals surface area contributed by atoms with Crippen molar-refractivity contribution < 1.29 is 14.3 Å². The molecule has 156 valence electrons. The highest BCUT2D eigenvalue weighted by Gasteiger charge is 2.16. The molecule has 2 aromatic carbocycles. The number of carbonyl (C=O) groups is 1. The summed E-state index contributed by atoms with van der Waals surface area (Å²) < 4.78 is 13.5. The highest BCUT2D eigenvalue weighted by atomic mass is 16.5. The number of nitrogens with one attached hydrogen (secondary N) is 1. The molecule has 1 amide bonds. The van der Waals surface area contributed by atoms with Crippen molar-refractivity contribution in [2.24, 2.45) is 0 Å². The largest absolute Gasteiger partial charge is 0.489 e. The summed E-state index contributed by atoms with van der Waals surface area (Å²) in [6.07, 6.45) is 8.21. The van der Waals surface area contributed by atoms with Gasteiger partial charge in [0.1, 0.15) is 12.4 Å². The second-order valence-electron chi connectivity index (χ2n) is 7.47. The zero-order valence-electron chi connectivity index (χ0n) is 17.0. The maximum absolute atomic E-state index is 12.5. The topological polar surface area (TPSA) is 65.4 Å². The molecule has 6 heteroatoms. The third-order valence-electron chi connectivity index (χ3n) is 5.16. The van der Waals surface area contributed by atoms with E-state index >= 15 is 0 Å². The normalized spacial score (nSPS) is 16.2. The van der Waals surface area contributed by atoms with Crippen molar-refractivity contribution in [2.45, 2.75) is 38.2 Å². The number of carbonyl (C=O) groups excluding carboxylic acids is 1. The van der Waals surface area contributed by atoms with Crippen molar-refractivity contribution in [3.05, 3.63) is 72.6 Å². The molecule has 0 radical (unpaired) electrons. The van der Waals surface area contributed by atoms with E-state index in [2.05, 4.69) is 10.4 Å². The minimum Gasteiger partial charge on any atom is -0.489 e. The Balaban J connectivity index is 1.29. The molecule has 2 heterocycles. The first-order chi connectivity index (χ1) is 14.8. The Morgan fingerprint density at radius 2 is 1.97 bits per heavy atom. The first-order valence-electron chi connectivity index (χ1n) is 10.5. The van der Waals surface area contributed by atoms with Gasteiger partial charge in [-0.3, -0.25) is 4.79 Å². The van der Waals surface area contributed by atoms with Crippen molar-refractivity contribution in [3.63, 3.8) is 0 Å². The summed E-state index contributed by atoms with van der Waals surface area (Å²) in [5.74, 6) is 0.629. The van der Waals surface area contributed by atoms with Crippen LogP contribution in [0, 0.1) is 0 Å². The smallest absolute Gasteiger partial charge is 0.224 e. The Hall–Kier alpha value is -3.12. The van der Waals surface area contributed by atoms with Crippen LogP contribution < -0.4 is 10.1 Å². The molecule has 1 aliphatic rings. The number of aromatic nitrogens is 2. The molecule has 6 nitrogen and oxygen atoms in total. The van der Waals surface area contributed by atoms with Crippen LogP contribution in [-0.2, 0) is 16.0 Å². The molecule has 0 aliphatic carbocycles. The van der Waals surface area contributed by atoms with E-state index in [4.69, 9.17) is 9.47 Å². The third kappa shape index (κ3) is 5.48. The molecule has 1 aliphatic heterocycles. The lowest BCUT2D eigenvalue weighted by atomic mass is 10.1. The van der Waals surface area contributed by atoms with Crippen molar-refractivity contribution in [2.75, 3.05) is 18.5 Å². The van der Waals surface area contributed by atoms with Gasteiger partial charge in [0.2, 0.25) is 5.91 Å². The van der Waals surface area contributed by atoms with E-state index in [1.165, 1.54) is 6.42 Å². The van der Waals surface area contributed by atoms with E-state index in [0.29, 0.717) is 30.9 Å². The highest BCUT2D eigenvalue weighted by Crippen LogP contribution is 2.25. The Bertz CT molecular complexity index is 949. The minimum absolute atomic E-state index is 0.0487. The molecule has 1 atom stereocenters. The summed E-state index contributed by atoms with van der Waals surface area (Å²) in [4.78, 5) is 12.5. The summed E-state index contributed by atoms with van der Waals surface area (Å²) >= 11 is 0. The fourth-order valence-electron chi connectivity index (χ4n) is 3.50. The highest BCUT2D eigenvalue weighted by molar-refractivity contribution is 5.92. The van der Waals surface area contributed by atoms with E-state index in [-0.39, 0.29) is 12.0 Å². The SMILES string of the molecule is O=C(CCc1cnn(-c2ccccc2)c1)Nc1ccccc1OCC1CCCCO1. The number of para-hydroxylation sites is 3. The van der Waals surface area contributed by atoms with Gasteiger partial charge < -0.3 is 14.8 Å². The van der Waals surface area contributed by atoms with Crippen LogP contribution >= 0.6 is 0 Å². The second kappa shape index (κ2) is 10.1. The van der Waals surface area contributed by atoms with Crippen LogP contribution in [0.4, 0.5) is 5.69 Å². The van der Waals surface area contributed by atoms with E-state index in [0.717, 1.165) is 30.7 Å². The number of amides is 1. The summed E-state index contributed by atoms with van der Waals surface area (Å²) in [6, 6.07) is 17.5. The van der Waals surface area contributed by atoms with Gasteiger partial charge >= 0.3 is 0 Å². The van der Waals surface area contributed by atoms with Gasteiger partial charge in [-0.15, -0.1) is 0 Å². The number of benzene rings is 2. The number of hydrogen-bond acceptors (Lipinski definition) is 4. The van der Waals surface area contributed by atoms with Crippen molar-refractivity contribution >= 4 is 11.6 Å². The van der Waals surface area contributed by atoms with Crippen LogP contribution in [0.1, 0.15) is 31.2 Å². The molecule has 1 unspecified atom stereocenters.